The first-order valence-electron chi connectivity index (χ1n) is 8.08. The number of amides is 1. The first kappa shape index (κ1) is 18.8. The molecule has 0 fully saturated rings. The summed E-state index contributed by atoms with van der Waals surface area (Å²) in [7, 11) is 1.82. The second-order valence-electron chi connectivity index (χ2n) is 5.65. The Balaban J connectivity index is 1.67. The van der Waals surface area contributed by atoms with Crippen molar-refractivity contribution in [3.8, 4) is 17.0 Å². The van der Waals surface area contributed by atoms with E-state index in [4.69, 9.17) is 0 Å². The summed E-state index contributed by atoms with van der Waals surface area (Å²) in [5.41, 5.74) is 1.82. The number of aromatic nitrogens is 1. The van der Waals surface area contributed by atoms with E-state index in [1.807, 2.05) is 42.3 Å². The van der Waals surface area contributed by atoms with Crippen LogP contribution in [0.5, 0.6) is 5.75 Å². The number of benzene rings is 2. The molecular weight excluding hydrogens is 372 g/mol. The van der Waals surface area contributed by atoms with Crippen LogP contribution in [0.2, 0.25) is 0 Å². The van der Waals surface area contributed by atoms with Gasteiger partial charge < -0.3 is 15.0 Å². The van der Waals surface area contributed by atoms with Gasteiger partial charge >= 0.3 is 6.61 Å². The van der Waals surface area contributed by atoms with Crippen LogP contribution in [0.15, 0.2) is 60.0 Å². The van der Waals surface area contributed by atoms with E-state index >= 15 is 0 Å². The molecule has 0 spiro atoms. The van der Waals surface area contributed by atoms with Crippen molar-refractivity contribution < 1.29 is 18.3 Å². The Morgan fingerprint density at radius 3 is 2.63 bits per heavy atom. The largest absolute Gasteiger partial charge is 0.434 e. The van der Waals surface area contributed by atoms with E-state index in [1.165, 1.54) is 17.4 Å². The van der Waals surface area contributed by atoms with Gasteiger partial charge in [-0.05, 0) is 24.3 Å². The highest BCUT2D eigenvalue weighted by molar-refractivity contribution is 7.14. The third-order valence-corrected chi connectivity index (χ3v) is 4.47. The van der Waals surface area contributed by atoms with Gasteiger partial charge in [0.25, 0.3) is 0 Å². The number of nitrogens with one attached hydrogen (secondary N) is 1. The quantitative estimate of drug-likeness (QED) is 0.647. The molecule has 140 valence electrons. The Morgan fingerprint density at radius 1 is 1.19 bits per heavy atom. The average Bonchev–Trinajstić information content (AvgIpc) is 3.10. The lowest BCUT2D eigenvalue weighted by molar-refractivity contribution is -0.114. The van der Waals surface area contributed by atoms with Gasteiger partial charge in [0.15, 0.2) is 5.13 Å². The zero-order chi connectivity index (χ0) is 19.2. The fraction of sp³-hybridized carbons (Fsp3) is 0.158. The number of carbonyl (C=O) groups is 1. The van der Waals surface area contributed by atoms with Crippen LogP contribution in [0, 0.1) is 0 Å². The number of para-hydroxylation sites is 2. The molecule has 27 heavy (non-hydrogen) atoms. The zero-order valence-electron chi connectivity index (χ0n) is 14.4. The van der Waals surface area contributed by atoms with Crippen LogP contribution >= 0.6 is 11.3 Å². The van der Waals surface area contributed by atoms with Crippen LogP contribution in [0.3, 0.4) is 0 Å². The maximum absolute atomic E-state index is 12.6. The summed E-state index contributed by atoms with van der Waals surface area (Å²) in [6.07, 6.45) is 0. The van der Waals surface area contributed by atoms with E-state index in [0.29, 0.717) is 16.4 Å². The molecule has 0 bridgehead atoms. The number of carbonyl (C=O) groups excluding carboxylic acids is 1. The van der Waals surface area contributed by atoms with Gasteiger partial charge in [0.1, 0.15) is 5.75 Å². The van der Waals surface area contributed by atoms with Gasteiger partial charge in [-0.2, -0.15) is 8.78 Å². The van der Waals surface area contributed by atoms with Gasteiger partial charge in [0.05, 0.1) is 12.2 Å². The van der Waals surface area contributed by atoms with E-state index in [0.717, 1.165) is 5.69 Å². The van der Waals surface area contributed by atoms with Crippen LogP contribution < -0.4 is 15.0 Å². The lowest BCUT2D eigenvalue weighted by atomic mass is 10.1. The molecule has 0 aliphatic carbocycles. The van der Waals surface area contributed by atoms with E-state index in [9.17, 15) is 13.6 Å². The molecule has 5 nitrogen and oxygen atoms in total. The molecule has 1 N–H and O–H groups in total. The van der Waals surface area contributed by atoms with Crippen molar-refractivity contribution in [1.82, 2.24) is 4.98 Å². The molecule has 0 saturated heterocycles. The first-order chi connectivity index (χ1) is 13.0. The van der Waals surface area contributed by atoms with Crippen molar-refractivity contribution in [2.24, 2.45) is 0 Å². The maximum atomic E-state index is 12.6. The Labute approximate surface area is 159 Å². The third kappa shape index (κ3) is 5.01. The van der Waals surface area contributed by atoms with Crippen molar-refractivity contribution in [2.75, 3.05) is 23.8 Å². The topological polar surface area (TPSA) is 54.5 Å². The second kappa shape index (κ2) is 8.59. The van der Waals surface area contributed by atoms with E-state index < -0.39 is 6.61 Å². The predicted molar refractivity (Wildman–Crippen MR) is 103 cm³/mol. The van der Waals surface area contributed by atoms with Crippen LogP contribution in [-0.2, 0) is 4.79 Å². The molecule has 1 heterocycles. The summed E-state index contributed by atoms with van der Waals surface area (Å²) in [5.74, 6) is -0.182. The van der Waals surface area contributed by atoms with Gasteiger partial charge in [0, 0.05) is 23.7 Å². The minimum atomic E-state index is -2.92. The van der Waals surface area contributed by atoms with Crippen molar-refractivity contribution >= 4 is 28.1 Å². The summed E-state index contributed by atoms with van der Waals surface area (Å²) in [6, 6.07) is 15.9. The molecule has 0 atom stereocenters. The number of nitrogens with zero attached hydrogens (tertiary/aromatic N) is 2. The molecule has 2 aromatic carbocycles. The number of hydrogen-bond acceptors (Lipinski definition) is 5. The number of anilines is 2. The SMILES string of the molecule is CN(CC(=O)Nc1nc(-c2ccccc2OC(F)F)cs1)c1ccccc1. The van der Waals surface area contributed by atoms with Crippen LogP contribution in [-0.4, -0.2) is 31.1 Å². The van der Waals surface area contributed by atoms with E-state index in [2.05, 4.69) is 15.0 Å². The van der Waals surface area contributed by atoms with Gasteiger partial charge in [-0.25, -0.2) is 4.98 Å². The zero-order valence-corrected chi connectivity index (χ0v) is 15.2. The van der Waals surface area contributed by atoms with Crippen molar-refractivity contribution in [3.63, 3.8) is 0 Å². The Kier molecular flexibility index (Phi) is 5.97. The average molecular weight is 389 g/mol. The number of alkyl halides is 2. The number of thiazole rings is 1. The number of ether oxygens (including phenoxy) is 1. The number of halogens is 2. The molecule has 1 amide bonds. The van der Waals surface area contributed by atoms with Gasteiger partial charge in [0.2, 0.25) is 5.91 Å². The molecule has 0 saturated carbocycles. The van der Waals surface area contributed by atoms with Crippen LogP contribution in [0.4, 0.5) is 19.6 Å². The van der Waals surface area contributed by atoms with E-state index in [1.54, 1.807) is 23.6 Å². The number of hydrogen-bond donors (Lipinski definition) is 1. The molecule has 0 unspecified atom stereocenters. The summed E-state index contributed by atoms with van der Waals surface area (Å²) < 4.78 is 29.6. The molecule has 8 heteroatoms. The lowest BCUT2D eigenvalue weighted by Gasteiger charge is -2.18. The Morgan fingerprint density at radius 2 is 1.89 bits per heavy atom. The third-order valence-electron chi connectivity index (χ3n) is 3.71. The summed E-state index contributed by atoms with van der Waals surface area (Å²) >= 11 is 1.22. The fourth-order valence-electron chi connectivity index (χ4n) is 2.48. The molecular formula is C19H17F2N3O2S. The van der Waals surface area contributed by atoms with Crippen LogP contribution in [0.1, 0.15) is 0 Å². The normalized spacial score (nSPS) is 10.7. The van der Waals surface area contributed by atoms with Gasteiger partial charge in [-0.15, -0.1) is 11.3 Å². The van der Waals surface area contributed by atoms with Crippen molar-refractivity contribution in [3.05, 3.63) is 60.0 Å². The predicted octanol–water partition coefficient (Wildman–Crippen LogP) is 4.49. The maximum Gasteiger partial charge on any atom is 0.387 e. The van der Waals surface area contributed by atoms with Crippen LogP contribution in [0.25, 0.3) is 11.3 Å². The highest BCUT2D eigenvalue weighted by Gasteiger charge is 2.15. The van der Waals surface area contributed by atoms with Gasteiger partial charge in [-0.1, -0.05) is 30.3 Å². The highest BCUT2D eigenvalue weighted by atomic mass is 32.1. The minimum Gasteiger partial charge on any atom is -0.434 e. The molecule has 3 rings (SSSR count). The number of rotatable bonds is 7. The minimum absolute atomic E-state index is 0.0412. The summed E-state index contributed by atoms with van der Waals surface area (Å²) in [5, 5.41) is 4.81. The molecule has 3 aromatic rings. The first-order valence-corrected chi connectivity index (χ1v) is 8.96. The highest BCUT2D eigenvalue weighted by Crippen LogP contribution is 2.33. The van der Waals surface area contributed by atoms with E-state index in [-0.39, 0.29) is 18.2 Å². The lowest BCUT2D eigenvalue weighted by Crippen LogP contribution is -2.29. The molecule has 0 aliphatic heterocycles. The molecule has 0 aliphatic rings. The van der Waals surface area contributed by atoms with Crippen molar-refractivity contribution in [1.29, 1.82) is 0 Å². The Hall–Kier alpha value is -3.00. The van der Waals surface area contributed by atoms with Gasteiger partial charge in [-0.3, -0.25) is 4.79 Å². The monoisotopic (exact) mass is 389 g/mol. The molecule has 0 radical (unpaired) electrons. The second-order valence-corrected chi connectivity index (χ2v) is 6.51. The Bertz CT molecular complexity index is 903. The standard InChI is InChI=1S/C19H17F2N3O2S/c1-24(13-7-3-2-4-8-13)11-17(25)23-19-22-15(12-27-19)14-9-5-6-10-16(14)26-18(20)21/h2-10,12,18H,11H2,1H3,(H,22,23,25). The smallest absolute Gasteiger partial charge is 0.387 e. The summed E-state index contributed by atoms with van der Waals surface area (Å²) in [4.78, 5) is 18.4. The fourth-order valence-corrected chi connectivity index (χ4v) is 3.21. The van der Waals surface area contributed by atoms with Crippen molar-refractivity contribution in [2.45, 2.75) is 6.61 Å². The molecule has 1 aromatic heterocycles. The summed E-state index contributed by atoms with van der Waals surface area (Å²) in [6.45, 7) is -2.76. The number of likely N-dealkylation sites (N-methyl/N-ethyl adjacent to an activating group) is 1.